The van der Waals surface area contributed by atoms with Gasteiger partial charge in [0.2, 0.25) is 11.8 Å². The summed E-state index contributed by atoms with van der Waals surface area (Å²) in [7, 11) is 0. The van der Waals surface area contributed by atoms with Gasteiger partial charge in [-0.2, -0.15) is 11.8 Å². The Balaban J connectivity index is 1.92. The number of aliphatic hydroxyl groups is 3. The average molecular weight is 450 g/mol. The summed E-state index contributed by atoms with van der Waals surface area (Å²) in [5.74, 6) is -1.35. The molecule has 0 radical (unpaired) electrons. The number of hydrogen-bond acceptors (Lipinski definition) is 9. The highest BCUT2D eigenvalue weighted by Crippen LogP contribution is 2.23. The van der Waals surface area contributed by atoms with Gasteiger partial charge in [-0.25, -0.2) is 4.79 Å². The van der Waals surface area contributed by atoms with Crippen molar-refractivity contribution >= 4 is 29.5 Å². The van der Waals surface area contributed by atoms with Crippen LogP contribution in [-0.4, -0.2) is 111 Å². The number of carbonyl (C=O) groups is 3. The molecule has 0 aliphatic carbocycles. The van der Waals surface area contributed by atoms with Crippen LogP contribution < -0.4 is 11.1 Å². The minimum atomic E-state index is -1.49. The number of aliphatic carboxylic acids is 1. The van der Waals surface area contributed by atoms with E-state index in [2.05, 4.69) is 5.32 Å². The maximum absolute atomic E-state index is 12.6. The molecule has 2 rings (SSSR count). The van der Waals surface area contributed by atoms with Crippen molar-refractivity contribution in [2.24, 2.45) is 5.73 Å². The van der Waals surface area contributed by atoms with Crippen LogP contribution in [0.4, 0.5) is 0 Å². The summed E-state index contributed by atoms with van der Waals surface area (Å²) < 4.78 is 5.18. The van der Waals surface area contributed by atoms with E-state index in [4.69, 9.17) is 15.6 Å². The number of likely N-dealkylation sites (tertiary alicyclic amines) is 1. The quantitative estimate of drug-likeness (QED) is 0.220. The van der Waals surface area contributed by atoms with Crippen molar-refractivity contribution in [1.82, 2.24) is 10.2 Å². The molecule has 2 amide bonds. The minimum absolute atomic E-state index is 0.291. The summed E-state index contributed by atoms with van der Waals surface area (Å²) in [6.45, 7) is 0.0834. The van der Waals surface area contributed by atoms with Crippen LogP contribution in [0.1, 0.15) is 25.7 Å². The monoisotopic (exact) mass is 449 g/mol. The first kappa shape index (κ1) is 24.8. The number of aliphatic hydroxyl groups excluding tert-OH is 3. The molecule has 2 heterocycles. The zero-order valence-corrected chi connectivity index (χ0v) is 17.7. The molecule has 2 aliphatic heterocycles. The van der Waals surface area contributed by atoms with Gasteiger partial charge in [0.05, 0.1) is 12.1 Å². The van der Waals surface area contributed by atoms with Gasteiger partial charge in [0.25, 0.3) is 0 Å². The Morgan fingerprint density at radius 3 is 2.67 bits per heavy atom. The normalized spacial score (nSPS) is 31.2. The standard InChI is InChI=1S/C18H31N3O8S/c1-30-6-4-9(19)17(26)21-5-2-3-10(21)16(25)20-8-12(23)15-14(24)11(22)7-13(29-15)18(27)28/h9-15,22-24H,2-8,19H2,1H3,(H,20,25)(H,27,28)/t9-,10-,11+,12-,13-,14+,15+/m0/s1. The second-order valence-electron chi connectivity index (χ2n) is 7.61. The zero-order chi connectivity index (χ0) is 22.4. The first-order valence-electron chi connectivity index (χ1n) is 9.92. The van der Waals surface area contributed by atoms with E-state index < -0.39 is 54.5 Å². The molecule has 7 atom stereocenters. The molecule has 0 bridgehead atoms. The van der Waals surface area contributed by atoms with Gasteiger partial charge in [-0.15, -0.1) is 0 Å². The number of nitrogens with two attached hydrogens (primary N) is 1. The highest BCUT2D eigenvalue weighted by molar-refractivity contribution is 7.98. The molecule has 11 nitrogen and oxygen atoms in total. The summed E-state index contributed by atoms with van der Waals surface area (Å²) in [4.78, 5) is 37.7. The van der Waals surface area contributed by atoms with Crippen LogP contribution in [0.5, 0.6) is 0 Å². The summed E-state index contributed by atoms with van der Waals surface area (Å²) in [6, 6.07) is -1.39. The molecule has 0 saturated carbocycles. The molecule has 0 unspecified atom stereocenters. The van der Waals surface area contributed by atoms with Crippen LogP contribution in [0.2, 0.25) is 0 Å². The molecule has 172 valence electrons. The van der Waals surface area contributed by atoms with Crippen molar-refractivity contribution < 1.29 is 39.5 Å². The van der Waals surface area contributed by atoms with Crippen LogP contribution >= 0.6 is 11.8 Å². The zero-order valence-electron chi connectivity index (χ0n) is 16.8. The molecular weight excluding hydrogens is 418 g/mol. The second kappa shape index (κ2) is 11.3. The predicted octanol–water partition coefficient (Wildman–Crippen LogP) is -2.50. The van der Waals surface area contributed by atoms with E-state index in [1.165, 1.54) is 4.90 Å². The Hall–Kier alpha value is -1.44. The first-order chi connectivity index (χ1) is 14.2. The molecule has 0 aromatic rings. The second-order valence-corrected chi connectivity index (χ2v) is 8.60. The van der Waals surface area contributed by atoms with Gasteiger partial charge in [0, 0.05) is 19.5 Å². The van der Waals surface area contributed by atoms with E-state index in [9.17, 15) is 29.7 Å². The molecule has 7 N–H and O–H groups in total. The summed E-state index contributed by atoms with van der Waals surface area (Å²) in [5, 5.41) is 41.7. The fourth-order valence-electron chi connectivity index (χ4n) is 3.70. The molecule has 2 saturated heterocycles. The van der Waals surface area contributed by atoms with Gasteiger partial charge in [0.1, 0.15) is 24.4 Å². The maximum Gasteiger partial charge on any atom is 0.332 e. The molecule has 30 heavy (non-hydrogen) atoms. The summed E-state index contributed by atoms with van der Waals surface area (Å²) >= 11 is 1.58. The molecule has 0 spiro atoms. The van der Waals surface area contributed by atoms with Crippen LogP contribution in [0, 0.1) is 0 Å². The van der Waals surface area contributed by atoms with Gasteiger partial charge < -0.3 is 41.1 Å². The highest BCUT2D eigenvalue weighted by Gasteiger charge is 2.43. The van der Waals surface area contributed by atoms with Crippen molar-refractivity contribution in [3.8, 4) is 0 Å². The number of nitrogens with zero attached hydrogens (tertiary/aromatic N) is 1. The Morgan fingerprint density at radius 2 is 2.03 bits per heavy atom. The largest absolute Gasteiger partial charge is 0.479 e. The number of carbonyl (C=O) groups excluding carboxylic acids is 2. The van der Waals surface area contributed by atoms with Gasteiger partial charge in [0.15, 0.2) is 6.10 Å². The van der Waals surface area contributed by atoms with E-state index >= 15 is 0 Å². The van der Waals surface area contributed by atoms with Crippen LogP contribution in [0.15, 0.2) is 0 Å². The lowest BCUT2D eigenvalue weighted by Crippen LogP contribution is -2.58. The number of ether oxygens (including phenoxy) is 1. The van der Waals surface area contributed by atoms with Crippen LogP contribution in [-0.2, 0) is 19.1 Å². The number of amides is 2. The van der Waals surface area contributed by atoms with E-state index in [0.717, 1.165) is 5.75 Å². The van der Waals surface area contributed by atoms with Gasteiger partial charge >= 0.3 is 5.97 Å². The van der Waals surface area contributed by atoms with Crippen LogP contribution in [0.25, 0.3) is 0 Å². The first-order valence-corrected chi connectivity index (χ1v) is 11.3. The number of carboxylic acid groups (broad SMARTS) is 1. The highest BCUT2D eigenvalue weighted by atomic mass is 32.2. The van der Waals surface area contributed by atoms with Gasteiger partial charge in [-0.3, -0.25) is 9.59 Å². The number of rotatable bonds is 9. The molecular formula is C18H31N3O8S. The predicted molar refractivity (Wildman–Crippen MR) is 108 cm³/mol. The van der Waals surface area contributed by atoms with Crippen molar-refractivity contribution in [3.05, 3.63) is 0 Å². The molecule has 0 aromatic heterocycles. The Bertz CT molecular complexity index is 624. The van der Waals surface area contributed by atoms with E-state index in [1.54, 1.807) is 11.8 Å². The number of carboxylic acids is 1. The maximum atomic E-state index is 12.6. The molecule has 0 aromatic carbocycles. The molecule has 2 fully saturated rings. The Labute approximate surface area is 178 Å². The Morgan fingerprint density at radius 1 is 1.33 bits per heavy atom. The lowest BCUT2D eigenvalue weighted by molar-refractivity contribution is -0.208. The van der Waals surface area contributed by atoms with Gasteiger partial charge in [-0.1, -0.05) is 0 Å². The smallest absolute Gasteiger partial charge is 0.332 e. The van der Waals surface area contributed by atoms with E-state index in [-0.39, 0.29) is 18.9 Å². The lowest BCUT2D eigenvalue weighted by atomic mass is 9.94. The van der Waals surface area contributed by atoms with E-state index in [0.29, 0.717) is 25.8 Å². The lowest BCUT2D eigenvalue weighted by Gasteiger charge is -2.38. The number of nitrogens with one attached hydrogen (secondary N) is 1. The number of hydrogen-bond donors (Lipinski definition) is 6. The number of thioether (sulfide) groups is 1. The minimum Gasteiger partial charge on any atom is -0.479 e. The fraction of sp³-hybridized carbons (Fsp3) is 0.833. The van der Waals surface area contributed by atoms with Crippen molar-refractivity contribution in [1.29, 1.82) is 0 Å². The average Bonchev–Trinajstić information content (AvgIpc) is 3.20. The topological polar surface area (TPSA) is 183 Å². The molecule has 12 heteroatoms. The van der Waals surface area contributed by atoms with Crippen molar-refractivity contribution in [2.45, 2.75) is 68.3 Å². The fourth-order valence-corrected chi connectivity index (χ4v) is 4.19. The third-order valence-electron chi connectivity index (χ3n) is 5.44. The molecule has 2 aliphatic rings. The van der Waals surface area contributed by atoms with Crippen LogP contribution in [0.3, 0.4) is 0 Å². The third-order valence-corrected chi connectivity index (χ3v) is 6.08. The van der Waals surface area contributed by atoms with Crippen molar-refractivity contribution in [3.63, 3.8) is 0 Å². The summed E-state index contributed by atoms with van der Waals surface area (Å²) in [5.41, 5.74) is 5.94. The summed E-state index contributed by atoms with van der Waals surface area (Å²) in [6.07, 6.45) is -3.83. The van der Waals surface area contributed by atoms with Gasteiger partial charge in [-0.05, 0) is 31.3 Å². The Kier molecular flexibility index (Phi) is 9.31. The van der Waals surface area contributed by atoms with E-state index in [1.807, 2.05) is 6.26 Å². The third kappa shape index (κ3) is 6.05. The SMILES string of the molecule is CSCC[C@H](N)C(=O)N1CCC[C@H]1C(=O)NC[C@H](O)[C@H]1O[C@H](C(=O)O)C[C@@H](O)[C@H]1O. The van der Waals surface area contributed by atoms with Crippen molar-refractivity contribution in [2.75, 3.05) is 25.1 Å².